The van der Waals surface area contributed by atoms with E-state index in [1.165, 1.54) is 24.3 Å². The van der Waals surface area contributed by atoms with Crippen molar-refractivity contribution in [3.8, 4) is 5.75 Å². The summed E-state index contributed by atoms with van der Waals surface area (Å²) in [5, 5.41) is 8.14. The number of esters is 1. The minimum Gasteiger partial charge on any atom is -0.494 e. The summed E-state index contributed by atoms with van der Waals surface area (Å²) in [5.41, 5.74) is 1.25. The number of nitrogens with one attached hydrogen (secondary N) is 1. The summed E-state index contributed by atoms with van der Waals surface area (Å²) >= 11 is 5.94. The van der Waals surface area contributed by atoms with Gasteiger partial charge < -0.3 is 14.8 Å². The van der Waals surface area contributed by atoms with Crippen LogP contribution in [0.15, 0.2) is 47.4 Å². The molecule has 3 N–H and O–H groups in total. The number of nitrogens with two attached hydrogens (primary N) is 1. The highest BCUT2D eigenvalue weighted by Crippen LogP contribution is 2.21. The topological polar surface area (TPSA) is 125 Å². The Balaban J connectivity index is 1.66. The molecule has 2 aromatic rings. The zero-order valence-electron chi connectivity index (χ0n) is 15.7. The first-order chi connectivity index (χ1) is 13.6. The van der Waals surface area contributed by atoms with Crippen LogP contribution in [0.4, 0.5) is 5.69 Å². The number of rotatable bonds is 9. The third-order valence-electron chi connectivity index (χ3n) is 3.75. The van der Waals surface area contributed by atoms with E-state index in [2.05, 4.69) is 5.32 Å². The van der Waals surface area contributed by atoms with Crippen LogP contribution in [-0.4, -0.2) is 33.5 Å². The summed E-state index contributed by atoms with van der Waals surface area (Å²) in [6.45, 7) is 1.73. The molecule has 0 atom stereocenters. The zero-order chi connectivity index (χ0) is 21.4. The maximum Gasteiger partial charge on any atom is 0.306 e. The number of primary sulfonamides is 1. The quantitative estimate of drug-likeness (QED) is 0.456. The average molecular weight is 441 g/mol. The molecular formula is C19H21ClN2O6S. The molecule has 0 saturated heterocycles. The van der Waals surface area contributed by atoms with E-state index < -0.39 is 28.5 Å². The van der Waals surface area contributed by atoms with Gasteiger partial charge in [-0.1, -0.05) is 11.6 Å². The van der Waals surface area contributed by atoms with Crippen LogP contribution in [0.1, 0.15) is 18.4 Å². The summed E-state index contributed by atoms with van der Waals surface area (Å²) < 4.78 is 32.8. The number of halogens is 1. The number of hydrogen-bond donors (Lipinski definition) is 2. The molecular weight excluding hydrogens is 420 g/mol. The highest BCUT2D eigenvalue weighted by Gasteiger charge is 2.10. The molecule has 0 heterocycles. The smallest absolute Gasteiger partial charge is 0.306 e. The van der Waals surface area contributed by atoms with Gasteiger partial charge in [-0.3, -0.25) is 9.59 Å². The Kier molecular flexibility index (Phi) is 8.00. The Morgan fingerprint density at radius 3 is 2.45 bits per heavy atom. The summed E-state index contributed by atoms with van der Waals surface area (Å²) in [4.78, 5) is 23.4. The number of ether oxygens (including phenoxy) is 2. The van der Waals surface area contributed by atoms with Gasteiger partial charge in [0.1, 0.15) is 5.75 Å². The molecule has 0 aromatic heterocycles. The van der Waals surface area contributed by atoms with Crippen LogP contribution >= 0.6 is 11.6 Å². The van der Waals surface area contributed by atoms with Gasteiger partial charge in [0.25, 0.3) is 5.91 Å². The predicted molar refractivity (Wildman–Crippen MR) is 108 cm³/mol. The lowest BCUT2D eigenvalue weighted by atomic mass is 10.2. The number of carbonyl (C=O) groups is 2. The second-order valence-electron chi connectivity index (χ2n) is 6.14. The highest BCUT2D eigenvalue weighted by molar-refractivity contribution is 7.89. The van der Waals surface area contributed by atoms with Crippen molar-refractivity contribution < 1.29 is 27.5 Å². The first-order valence-electron chi connectivity index (χ1n) is 8.62. The van der Waals surface area contributed by atoms with Gasteiger partial charge in [-0.25, -0.2) is 13.6 Å². The van der Waals surface area contributed by atoms with Crippen LogP contribution in [0.5, 0.6) is 5.75 Å². The number of benzene rings is 2. The van der Waals surface area contributed by atoms with Crippen molar-refractivity contribution in [1.82, 2.24) is 0 Å². The second kappa shape index (κ2) is 10.2. The van der Waals surface area contributed by atoms with Crippen molar-refractivity contribution in [3.05, 3.63) is 53.1 Å². The number of anilines is 1. The number of carbonyl (C=O) groups excluding carboxylic acids is 2. The van der Waals surface area contributed by atoms with Crippen molar-refractivity contribution in [2.24, 2.45) is 5.14 Å². The Hall–Kier alpha value is -2.62. The third kappa shape index (κ3) is 7.72. The zero-order valence-corrected chi connectivity index (χ0v) is 17.3. The highest BCUT2D eigenvalue weighted by atomic mass is 35.5. The molecule has 156 valence electrons. The van der Waals surface area contributed by atoms with Crippen LogP contribution in [0, 0.1) is 6.92 Å². The molecule has 0 spiro atoms. The van der Waals surface area contributed by atoms with Crippen molar-refractivity contribution in [3.63, 3.8) is 0 Å². The molecule has 0 bridgehead atoms. The van der Waals surface area contributed by atoms with E-state index in [1.54, 1.807) is 18.2 Å². The molecule has 1 amide bonds. The van der Waals surface area contributed by atoms with Gasteiger partial charge in [-0.2, -0.15) is 0 Å². The second-order valence-corrected chi connectivity index (χ2v) is 8.11. The van der Waals surface area contributed by atoms with Crippen molar-refractivity contribution in [1.29, 1.82) is 0 Å². The van der Waals surface area contributed by atoms with Crippen LogP contribution in [0.3, 0.4) is 0 Å². The molecule has 29 heavy (non-hydrogen) atoms. The van der Waals surface area contributed by atoms with Gasteiger partial charge in [-0.05, 0) is 61.4 Å². The lowest BCUT2D eigenvalue weighted by Crippen LogP contribution is -2.21. The van der Waals surface area contributed by atoms with E-state index in [9.17, 15) is 18.0 Å². The normalized spacial score (nSPS) is 11.0. The molecule has 0 fully saturated rings. The molecule has 0 aliphatic carbocycles. The van der Waals surface area contributed by atoms with E-state index in [-0.39, 0.29) is 11.3 Å². The molecule has 2 aromatic carbocycles. The summed E-state index contributed by atoms with van der Waals surface area (Å²) in [6.07, 6.45) is 0.528. The molecule has 0 saturated carbocycles. The van der Waals surface area contributed by atoms with Gasteiger partial charge in [0, 0.05) is 17.1 Å². The number of hydrogen-bond acceptors (Lipinski definition) is 6. The van der Waals surface area contributed by atoms with Gasteiger partial charge >= 0.3 is 5.97 Å². The monoisotopic (exact) mass is 440 g/mol. The summed E-state index contributed by atoms with van der Waals surface area (Å²) in [7, 11) is -3.80. The molecule has 0 aliphatic heterocycles. The summed E-state index contributed by atoms with van der Waals surface area (Å²) in [5.74, 6) is -0.414. The van der Waals surface area contributed by atoms with Crippen molar-refractivity contribution in [2.75, 3.05) is 18.5 Å². The van der Waals surface area contributed by atoms with Crippen LogP contribution in [0.2, 0.25) is 5.02 Å². The lowest BCUT2D eigenvalue weighted by molar-refractivity contribution is -0.147. The Morgan fingerprint density at radius 2 is 1.83 bits per heavy atom. The van der Waals surface area contributed by atoms with E-state index >= 15 is 0 Å². The minimum atomic E-state index is -3.80. The molecule has 0 aliphatic rings. The number of amides is 1. The van der Waals surface area contributed by atoms with Gasteiger partial charge in [0.05, 0.1) is 11.5 Å². The molecule has 0 unspecified atom stereocenters. The van der Waals surface area contributed by atoms with E-state index in [4.69, 9.17) is 26.2 Å². The van der Waals surface area contributed by atoms with Crippen LogP contribution in [-0.2, 0) is 24.3 Å². The number of aryl methyl sites for hydroxylation is 1. The maximum atomic E-state index is 11.8. The van der Waals surface area contributed by atoms with Crippen LogP contribution < -0.4 is 15.2 Å². The molecule has 8 nitrogen and oxygen atoms in total. The van der Waals surface area contributed by atoms with Crippen molar-refractivity contribution in [2.45, 2.75) is 24.7 Å². The molecule has 0 radical (unpaired) electrons. The van der Waals surface area contributed by atoms with E-state index in [1.807, 2.05) is 6.92 Å². The molecule has 2 rings (SSSR count). The molecule has 10 heteroatoms. The first kappa shape index (κ1) is 22.7. The Labute approximate surface area is 174 Å². The van der Waals surface area contributed by atoms with Gasteiger partial charge in [0.15, 0.2) is 6.61 Å². The maximum absolute atomic E-state index is 11.8. The van der Waals surface area contributed by atoms with E-state index in [0.29, 0.717) is 29.5 Å². The lowest BCUT2D eigenvalue weighted by Gasteiger charge is -2.09. The predicted octanol–water partition coefficient (Wildman–Crippen LogP) is 2.64. The van der Waals surface area contributed by atoms with E-state index in [0.717, 1.165) is 5.56 Å². The fourth-order valence-corrected chi connectivity index (χ4v) is 2.89. The third-order valence-corrected chi connectivity index (χ3v) is 5.11. The fourth-order valence-electron chi connectivity index (χ4n) is 2.26. The average Bonchev–Trinajstić information content (AvgIpc) is 2.66. The Bertz CT molecular complexity index is 977. The SMILES string of the molecule is Cc1cc(OCCCC(=O)OCC(=O)Nc2ccc(S(N)(=O)=O)cc2)ccc1Cl. The largest absolute Gasteiger partial charge is 0.494 e. The van der Waals surface area contributed by atoms with Crippen molar-refractivity contribution >= 4 is 39.2 Å². The van der Waals surface area contributed by atoms with Crippen LogP contribution in [0.25, 0.3) is 0 Å². The number of sulfonamides is 1. The summed E-state index contributed by atoms with van der Waals surface area (Å²) in [6, 6.07) is 10.6. The van der Waals surface area contributed by atoms with Gasteiger partial charge in [-0.15, -0.1) is 0 Å². The Morgan fingerprint density at radius 1 is 1.14 bits per heavy atom. The standard InChI is InChI=1S/C19H21ClN2O6S/c1-13-11-15(6-9-17(13)20)27-10-2-3-19(24)28-12-18(23)22-14-4-7-16(8-5-14)29(21,25)26/h4-9,11H,2-3,10,12H2,1H3,(H,22,23)(H2,21,25,26). The minimum absolute atomic E-state index is 0.0714. The van der Waals surface area contributed by atoms with Gasteiger partial charge in [0.2, 0.25) is 10.0 Å². The fraction of sp³-hybridized carbons (Fsp3) is 0.263. The first-order valence-corrected chi connectivity index (χ1v) is 10.5.